The smallest absolute Gasteiger partial charge is 0.338 e. The summed E-state index contributed by atoms with van der Waals surface area (Å²) in [5.74, 6) is -1.87. The molecular formula is C32H28N2O6. The van der Waals surface area contributed by atoms with E-state index < -0.39 is 18.5 Å². The first-order valence-electron chi connectivity index (χ1n) is 13.4. The topological polar surface area (TPSA) is 110 Å². The lowest BCUT2D eigenvalue weighted by Crippen LogP contribution is -2.33. The highest BCUT2D eigenvalue weighted by molar-refractivity contribution is 6.23. The predicted molar refractivity (Wildman–Crippen MR) is 147 cm³/mol. The van der Waals surface area contributed by atoms with Gasteiger partial charge in [-0.05, 0) is 85.5 Å². The number of carbonyl (C=O) groups is 5. The zero-order valence-corrected chi connectivity index (χ0v) is 21.9. The molecule has 2 bridgehead atoms. The molecule has 0 spiro atoms. The number of nitrogens with zero attached hydrogens (tertiary/aromatic N) is 1. The molecule has 2 aliphatic carbocycles. The lowest BCUT2D eigenvalue weighted by molar-refractivity contribution is -0.123. The summed E-state index contributed by atoms with van der Waals surface area (Å²) < 4.78 is 5.18. The minimum atomic E-state index is -0.743. The number of rotatable bonds is 7. The molecule has 0 aromatic heterocycles. The highest BCUT2D eigenvalue weighted by atomic mass is 16.5. The number of fused-ring (bicyclic) bond motifs is 5. The van der Waals surface area contributed by atoms with Gasteiger partial charge in [0.25, 0.3) is 5.91 Å². The van der Waals surface area contributed by atoms with Crippen LogP contribution >= 0.6 is 0 Å². The summed E-state index contributed by atoms with van der Waals surface area (Å²) in [6.45, 7) is 0.932. The summed E-state index contributed by atoms with van der Waals surface area (Å²) in [6, 6.07) is 22.8. The molecule has 3 amide bonds. The molecule has 202 valence electrons. The standard InChI is InChI=1S/C32H28N2O6/c1-18(35)19-10-12-23(13-11-19)33-27(36)17-40-32(39)21-8-5-9-24(14-21)34-30(37)28-22-15-25(20-6-3-2-4-7-20)26(16-22)29(28)31(34)38/h2-14,22,25-26,28-29H,15-17H2,1H3,(H,33,36)/t22-,25-,26+,28+,29-/m0/s1. The Morgan fingerprint density at radius 2 is 1.57 bits per heavy atom. The predicted octanol–water partition coefficient (Wildman–Crippen LogP) is 4.61. The molecule has 3 aliphatic rings. The number of ether oxygens (including phenoxy) is 1. The third-order valence-electron chi connectivity index (χ3n) is 8.49. The highest BCUT2D eigenvalue weighted by Crippen LogP contribution is 2.61. The van der Waals surface area contributed by atoms with Crippen LogP contribution in [0.15, 0.2) is 78.9 Å². The number of Topliss-reactive ketones (excluding diaryl/α,β-unsaturated/α-hetero) is 1. The van der Waals surface area contributed by atoms with Gasteiger partial charge in [-0.3, -0.25) is 24.1 Å². The van der Waals surface area contributed by atoms with Crippen molar-refractivity contribution < 1.29 is 28.7 Å². The fourth-order valence-corrected chi connectivity index (χ4v) is 6.77. The molecule has 0 unspecified atom stereocenters. The van der Waals surface area contributed by atoms with Crippen LogP contribution in [0.4, 0.5) is 11.4 Å². The SMILES string of the molecule is CC(=O)c1ccc(NC(=O)COC(=O)c2cccc(N3C(=O)[C@@H]4[C@@H]5C[C@@H]([C@@H]4C3=O)[C@H](c3ccccc3)C5)c2)cc1. The van der Waals surface area contributed by atoms with E-state index in [9.17, 15) is 24.0 Å². The molecule has 0 radical (unpaired) electrons. The van der Waals surface area contributed by atoms with E-state index >= 15 is 0 Å². The molecule has 1 aliphatic heterocycles. The van der Waals surface area contributed by atoms with Gasteiger partial charge in [-0.15, -0.1) is 0 Å². The maximum atomic E-state index is 13.6. The van der Waals surface area contributed by atoms with Crippen LogP contribution in [-0.2, 0) is 19.1 Å². The number of nitrogens with one attached hydrogen (secondary N) is 1. The summed E-state index contributed by atoms with van der Waals surface area (Å²) in [6.07, 6.45) is 1.79. The van der Waals surface area contributed by atoms with E-state index in [4.69, 9.17) is 4.74 Å². The lowest BCUT2D eigenvalue weighted by Gasteiger charge is -2.28. The van der Waals surface area contributed by atoms with E-state index in [1.807, 2.05) is 18.2 Å². The number of anilines is 2. The zero-order valence-electron chi connectivity index (χ0n) is 21.9. The number of hydrogen-bond acceptors (Lipinski definition) is 6. The number of amides is 3. The van der Waals surface area contributed by atoms with Gasteiger partial charge < -0.3 is 10.1 Å². The van der Waals surface area contributed by atoms with Crippen molar-refractivity contribution in [1.29, 1.82) is 0 Å². The number of imide groups is 1. The molecule has 1 heterocycles. The Morgan fingerprint density at radius 1 is 0.850 bits per heavy atom. The van der Waals surface area contributed by atoms with Gasteiger partial charge in [0.15, 0.2) is 12.4 Å². The number of ketones is 1. The number of hydrogen-bond donors (Lipinski definition) is 1. The van der Waals surface area contributed by atoms with Gasteiger partial charge in [-0.1, -0.05) is 36.4 Å². The van der Waals surface area contributed by atoms with Gasteiger partial charge in [-0.25, -0.2) is 4.79 Å². The molecule has 1 saturated heterocycles. The van der Waals surface area contributed by atoms with Crippen molar-refractivity contribution in [2.75, 3.05) is 16.8 Å². The molecule has 3 aromatic carbocycles. The monoisotopic (exact) mass is 536 g/mol. The quantitative estimate of drug-likeness (QED) is 0.268. The van der Waals surface area contributed by atoms with Gasteiger partial charge in [-0.2, -0.15) is 0 Å². The summed E-state index contributed by atoms with van der Waals surface area (Å²) in [5.41, 5.74) is 2.68. The van der Waals surface area contributed by atoms with Crippen molar-refractivity contribution >= 4 is 40.8 Å². The van der Waals surface area contributed by atoms with Crippen molar-refractivity contribution in [3.8, 4) is 0 Å². The Balaban J connectivity index is 1.11. The second-order valence-electron chi connectivity index (χ2n) is 10.8. The Labute approximate surface area is 231 Å². The molecule has 1 N–H and O–H groups in total. The Morgan fingerprint density at radius 3 is 2.30 bits per heavy atom. The minimum Gasteiger partial charge on any atom is -0.452 e. The zero-order chi connectivity index (χ0) is 28.0. The molecule has 8 nitrogen and oxygen atoms in total. The third-order valence-corrected chi connectivity index (χ3v) is 8.49. The number of benzene rings is 3. The van der Waals surface area contributed by atoms with Crippen LogP contribution in [0.2, 0.25) is 0 Å². The second-order valence-corrected chi connectivity index (χ2v) is 10.8. The van der Waals surface area contributed by atoms with Crippen LogP contribution in [0.1, 0.15) is 52.0 Å². The van der Waals surface area contributed by atoms with Gasteiger partial charge in [0.1, 0.15) is 0 Å². The normalized spacial score (nSPS) is 24.6. The van der Waals surface area contributed by atoms with Crippen LogP contribution in [0.25, 0.3) is 0 Å². The average molecular weight is 537 g/mol. The van der Waals surface area contributed by atoms with E-state index in [1.54, 1.807) is 36.4 Å². The van der Waals surface area contributed by atoms with Gasteiger partial charge in [0.05, 0.1) is 23.1 Å². The van der Waals surface area contributed by atoms with Gasteiger partial charge in [0.2, 0.25) is 11.8 Å². The van der Waals surface area contributed by atoms with Crippen LogP contribution in [0.3, 0.4) is 0 Å². The molecular weight excluding hydrogens is 508 g/mol. The van der Waals surface area contributed by atoms with Crippen LogP contribution in [0.5, 0.6) is 0 Å². The Hall–Kier alpha value is -4.59. The molecule has 3 fully saturated rings. The Kier molecular flexibility index (Phi) is 6.54. The van der Waals surface area contributed by atoms with Crippen LogP contribution in [0, 0.1) is 23.7 Å². The molecule has 3 aromatic rings. The molecule has 5 atom stereocenters. The molecule has 40 heavy (non-hydrogen) atoms. The lowest BCUT2D eigenvalue weighted by atomic mass is 9.73. The Bertz CT molecular complexity index is 1520. The number of esters is 1. The van der Waals surface area contributed by atoms with Crippen LogP contribution in [-0.4, -0.2) is 36.1 Å². The van der Waals surface area contributed by atoms with E-state index in [-0.39, 0.29) is 52.8 Å². The second kappa shape index (κ2) is 10.2. The van der Waals surface area contributed by atoms with E-state index in [1.165, 1.54) is 29.5 Å². The van der Waals surface area contributed by atoms with Crippen molar-refractivity contribution in [2.45, 2.75) is 25.7 Å². The van der Waals surface area contributed by atoms with Gasteiger partial charge >= 0.3 is 5.97 Å². The van der Waals surface area contributed by atoms with Crippen LogP contribution < -0.4 is 10.2 Å². The van der Waals surface area contributed by atoms with Crippen molar-refractivity contribution in [2.24, 2.45) is 23.7 Å². The molecule has 8 heteroatoms. The molecule has 2 saturated carbocycles. The first kappa shape index (κ1) is 25.7. The minimum absolute atomic E-state index is 0.0849. The summed E-state index contributed by atoms with van der Waals surface area (Å²) >= 11 is 0. The summed E-state index contributed by atoms with van der Waals surface area (Å²) in [4.78, 5) is 64.7. The maximum absolute atomic E-state index is 13.6. The maximum Gasteiger partial charge on any atom is 0.338 e. The highest BCUT2D eigenvalue weighted by Gasteiger charge is 2.64. The molecule has 6 rings (SSSR count). The fourth-order valence-electron chi connectivity index (χ4n) is 6.77. The third kappa shape index (κ3) is 4.49. The largest absolute Gasteiger partial charge is 0.452 e. The average Bonchev–Trinajstić information content (AvgIpc) is 3.63. The fraction of sp³-hybridized carbons (Fsp3) is 0.281. The first-order chi connectivity index (χ1) is 19.3. The number of carbonyl (C=O) groups excluding carboxylic acids is 5. The van der Waals surface area contributed by atoms with E-state index in [2.05, 4.69) is 17.4 Å². The van der Waals surface area contributed by atoms with E-state index in [0.29, 0.717) is 16.9 Å². The first-order valence-corrected chi connectivity index (χ1v) is 13.4. The van der Waals surface area contributed by atoms with Crippen molar-refractivity contribution in [3.05, 3.63) is 95.6 Å². The van der Waals surface area contributed by atoms with E-state index in [0.717, 1.165) is 12.8 Å². The van der Waals surface area contributed by atoms with Crippen molar-refractivity contribution in [3.63, 3.8) is 0 Å². The van der Waals surface area contributed by atoms with Gasteiger partial charge in [0, 0.05) is 11.3 Å². The van der Waals surface area contributed by atoms with Crippen molar-refractivity contribution in [1.82, 2.24) is 0 Å². The summed E-state index contributed by atoms with van der Waals surface area (Å²) in [7, 11) is 0. The summed E-state index contributed by atoms with van der Waals surface area (Å²) in [5, 5.41) is 2.61.